The van der Waals surface area contributed by atoms with Gasteiger partial charge in [-0.2, -0.15) is 0 Å². The molecule has 4 nitrogen and oxygen atoms in total. The smallest absolute Gasteiger partial charge is 0.339 e. The SMILES string of the molecule is CCOC(=O)C(O)c1c(F)ccc2c1OCC2. The standard InChI is InChI=1S/C12H13FO4/c1-2-16-12(15)10(14)9-8(13)4-3-7-5-6-17-11(7)9/h3-4,10,14H,2,5-6H2,1H3. The number of esters is 1. The molecule has 0 saturated heterocycles. The quantitative estimate of drug-likeness (QED) is 0.810. The fourth-order valence-electron chi connectivity index (χ4n) is 1.84. The van der Waals surface area contributed by atoms with Crippen LogP contribution in [0.5, 0.6) is 5.75 Å². The van der Waals surface area contributed by atoms with E-state index in [1.807, 2.05) is 0 Å². The van der Waals surface area contributed by atoms with Crippen molar-refractivity contribution in [1.29, 1.82) is 0 Å². The lowest BCUT2D eigenvalue weighted by molar-refractivity contribution is -0.153. The molecule has 0 spiro atoms. The number of halogens is 1. The zero-order valence-electron chi connectivity index (χ0n) is 9.40. The third-order valence-corrected chi connectivity index (χ3v) is 2.63. The number of hydrogen-bond donors (Lipinski definition) is 1. The third-order valence-electron chi connectivity index (χ3n) is 2.63. The van der Waals surface area contributed by atoms with Crippen LogP contribution in [0, 0.1) is 5.82 Å². The number of hydrogen-bond acceptors (Lipinski definition) is 4. The molecule has 0 radical (unpaired) electrons. The zero-order chi connectivity index (χ0) is 12.4. The molecule has 1 heterocycles. The van der Waals surface area contributed by atoms with Crippen molar-refractivity contribution in [2.24, 2.45) is 0 Å². The van der Waals surface area contributed by atoms with E-state index in [4.69, 9.17) is 4.74 Å². The molecular formula is C12H13FO4. The Hall–Kier alpha value is -1.62. The number of carbonyl (C=O) groups excluding carboxylic acids is 1. The molecule has 0 aromatic heterocycles. The number of benzene rings is 1. The molecule has 1 N–H and O–H groups in total. The zero-order valence-corrected chi connectivity index (χ0v) is 9.40. The number of rotatable bonds is 3. The summed E-state index contributed by atoms with van der Waals surface area (Å²) in [5.74, 6) is -1.26. The minimum absolute atomic E-state index is 0.126. The van der Waals surface area contributed by atoms with E-state index in [9.17, 15) is 14.3 Å². The van der Waals surface area contributed by atoms with Gasteiger partial charge in [0.05, 0.1) is 18.8 Å². The lowest BCUT2D eigenvalue weighted by atomic mass is 10.0. The van der Waals surface area contributed by atoms with Gasteiger partial charge in [0.15, 0.2) is 6.10 Å². The van der Waals surface area contributed by atoms with Crippen LogP contribution in [0.2, 0.25) is 0 Å². The summed E-state index contributed by atoms with van der Waals surface area (Å²) < 4.78 is 23.6. The Morgan fingerprint density at radius 2 is 2.41 bits per heavy atom. The van der Waals surface area contributed by atoms with Crippen molar-refractivity contribution in [2.45, 2.75) is 19.4 Å². The topological polar surface area (TPSA) is 55.8 Å². The Morgan fingerprint density at radius 1 is 1.65 bits per heavy atom. The number of carbonyl (C=O) groups is 1. The van der Waals surface area contributed by atoms with Crippen molar-refractivity contribution in [2.75, 3.05) is 13.2 Å². The predicted octanol–water partition coefficient (Wildman–Crippen LogP) is 1.36. The molecule has 1 atom stereocenters. The molecule has 0 bridgehead atoms. The highest BCUT2D eigenvalue weighted by molar-refractivity contribution is 5.77. The van der Waals surface area contributed by atoms with Gasteiger partial charge in [0.1, 0.15) is 11.6 Å². The van der Waals surface area contributed by atoms with Crippen molar-refractivity contribution in [3.05, 3.63) is 29.1 Å². The van der Waals surface area contributed by atoms with Gasteiger partial charge in [-0.3, -0.25) is 0 Å². The Morgan fingerprint density at radius 3 is 3.12 bits per heavy atom. The van der Waals surface area contributed by atoms with Crippen molar-refractivity contribution < 1.29 is 23.8 Å². The Balaban J connectivity index is 2.38. The Kier molecular flexibility index (Phi) is 3.28. The van der Waals surface area contributed by atoms with Crippen LogP contribution in [0.1, 0.15) is 24.2 Å². The highest BCUT2D eigenvalue weighted by Gasteiger charge is 2.29. The Bertz CT molecular complexity index is 444. The first kappa shape index (κ1) is 11.9. The molecule has 1 unspecified atom stereocenters. The van der Waals surface area contributed by atoms with E-state index in [1.54, 1.807) is 13.0 Å². The molecule has 0 saturated carbocycles. The van der Waals surface area contributed by atoms with Crippen LogP contribution in [0.4, 0.5) is 4.39 Å². The minimum atomic E-state index is -1.64. The maximum absolute atomic E-state index is 13.6. The van der Waals surface area contributed by atoms with E-state index in [2.05, 4.69) is 4.74 Å². The largest absolute Gasteiger partial charge is 0.492 e. The van der Waals surface area contributed by atoms with Gasteiger partial charge in [0.2, 0.25) is 0 Å². The molecule has 0 fully saturated rings. The summed E-state index contributed by atoms with van der Waals surface area (Å²) in [7, 11) is 0. The number of ether oxygens (including phenoxy) is 2. The van der Waals surface area contributed by atoms with Crippen LogP contribution in [-0.2, 0) is 16.0 Å². The first-order valence-electron chi connectivity index (χ1n) is 5.44. The fraction of sp³-hybridized carbons (Fsp3) is 0.417. The van der Waals surface area contributed by atoms with Crippen molar-refractivity contribution >= 4 is 5.97 Å². The maximum Gasteiger partial charge on any atom is 0.339 e. The summed E-state index contributed by atoms with van der Waals surface area (Å²) in [4.78, 5) is 11.4. The van der Waals surface area contributed by atoms with Gasteiger partial charge in [0.25, 0.3) is 0 Å². The molecule has 0 amide bonds. The van der Waals surface area contributed by atoms with E-state index < -0.39 is 17.9 Å². The van der Waals surface area contributed by atoms with Crippen LogP contribution in [0.15, 0.2) is 12.1 Å². The van der Waals surface area contributed by atoms with E-state index in [0.29, 0.717) is 13.0 Å². The monoisotopic (exact) mass is 240 g/mol. The highest BCUT2D eigenvalue weighted by Crippen LogP contribution is 2.35. The van der Waals surface area contributed by atoms with Gasteiger partial charge in [-0.05, 0) is 18.6 Å². The molecule has 5 heteroatoms. The van der Waals surface area contributed by atoms with Gasteiger partial charge in [-0.1, -0.05) is 6.07 Å². The summed E-state index contributed by atoms with van der Waals surface area (Å²) in [6.45, 7) is 2.18. The van der Waals surface area contributed by atoms with Gasteiger partial charge in [0, 0.05) is 6.42 Å². The fourth-order valence-corrected chi connectivity index (χ4v) is 1.84. The third kappa shape index (κ3) is 2.10. The summed E-state index contributed by atoms with van der Waals surface area (Å²) >= 11 is 0. The summed E-state index contributed by atoms with van der Waals surface area (Å²) in [6, 6.07) is 2.82. The molecule has 1 aromatic carbocycles. The van der Waals surface area contributed by atoms with Crippen LogP contribution in [-0.4, -0.2) is 24.3 Å². The average molecular weight is 240 g/mol. The van der Waals surface area contributed by atoms with Gasteiger partial charge in [-0.25, -0.2) is 9.18 Å². The van der Waals surface area contributed by atoms with E-state index in [0.717, 1.165) is 5.56 Å². The number of fused-ring (bicyclic) bond motifs is 1. The maximum atomic E-state index is 13.6. The van der Waals surface area contributed by atoms with Crippen molar-refractivity contribution in [3.63, 3.8) is 0 Å². The molecule has 17 heavy (non-hydrogen) atoms. The van der Waals surface area contributed by atoms with E-state index >= 15 is 0 Å². The minimum Gasteiger partial charge on any atom is -0.492 e. The van der Waals surface area contributed by atoms with Crippen molar-refractivity contribution in [3.8, 4) is 5.75 Å². The van der Waals surface area contributed by atoms with Gasteiger partial charge >= 0.3 is 5.97 Å². The lowest BCUT2D eigenvalue weighted by Crippen LogP contribution is -2.17. The van der Waals surface area contributed by atoms with Crippen molar-refractivity contribution in [1.82, 2.24) is 0 Å². The molecule has 1 aliphatic rings. The van der Waals surface area contributed by atoms with Crippen LogP contribution >= 0.6 is 0 Å². The second-order valence-electron chi connectivity index (χ2n) is 3.70. The van der Waals surface area contributed by atoms with Crippen LogP contribution in [0.3, 0.4) is 0 Å². The van der Waals surface area contributed by atoms with E-state index in [-0.39, 0.29) is 17.9 Å². The second kappa shape index (κ2) is 4.71. The predicted molar refractivity (Wildman–Crippen MR) is 57.2 cm³/mol. The molecule has 92 valence electrons. The van der Waals surface area contributed by atoms with Crippen LogP contribution in [0.25, 0.3) is 0 Å². The normalized spacial score (nSPS) is 15.0. The van der Waals surface area contributed by atoms with Crippen LogP contribution < -0.4 is 4.74 Å². The number of aliphatic hydroxyl groups is 1. The first-order chi connectivity index (χ1) is 8.15. The average Bonchev–Trinajstić information content (AvgIpc) is 2.76. The second-order valence-corrected chi connectivity index (χ2v) is 3.70. The molecule has 2 rings (SSSR count). The summed E-state index contributed by atoms with van der Waals surface area (Å²) in [6.07, 6.45) is -0.985. The lowest BCUT2D eigenvalue weighted by Gasteiger charge is -2.14. The first-order valence-corrected chi connectivity index (χ1v) is 5.44. The summed E-state index contributed by atoms with van der Waals surface area (Å²) in [5, 5.41) is 9.77. The van der Waals surface area contributed by atoms with Gasteiger partial charge in [-0.15, -0.1) is 0 Å². The Labute approximate surface area is 98.0 Å². The molecule has 1 aliphatic heterocycles. The molecular weight excluding hydrogens is 227 g/mol. The summed E-state index contributed by atoms with van der Waals surface area (Å²) in [5.41, 5.74) is 0.670. The highest BCUT2D eigenvalue weighted by atomic mass is 19.1. The van der Waals surface area contributed by atoms with E-state index in [1.165, 1.54) is 6.07 Å². The van der Waals surface area contributed by atoms with Gasteiger partial charge < -0.3 is 14.6 Å². The molecule has 0 aliphatic carbocycles. The number of aliphatic hydroxyl groups excluding tert-OH is 1. The molecule has 1 aromatic rings.